The summed E-state index contributed by atoms with van der Waals surface area (Å²) < 4.78 is 39.0. The number of alkyl halides is 3. The number of amides is 1. The number of benzene rings is 2. The molecule has 30 heavy (non-hydrogen) atoms. The van der Waals surface area contributed by atoms with Crippen molar-refractivity contribution >= 4 is 29.2 Å². The van der Waals surface area contributed by atoms with Gasteiger partial charge in [0, 0.05) is 22.3 Å². The smallest absolute Gasteiger partial charge is 0.393 e. The first-order valence-electron chi connectivity index (χ1n) is 9.48. The highest BCUT2D eigenvalue weighted by atomic mass is 35.5. The van der Waals surface area contributed by atoms with Gasteiger partial charge in [-0.25, -0.2) is 0 Å². The number of aliphatic hydroxyl groups excluding tert-OH is 1. The van der Waals surface area contributed by atoms with E-state index in [-0.39, 0.29) is 23.8 Å². The molecule has 3 N–H and O–H groups in total. The number of nitrogens with zero attached hydrogens (tertiary/aromatic N) is 1. The second kappa shape index (κ2) is 9.49. The number of nitrogens with one attached hydrogen (secondary N) is 2. The lowest BCUT2D eigenvalue weighted by Gasteiger charge is -2.27. The third-order valence-electron chi connectivity index (χ3n) is 4.79. The van der Waals surface area contributed by atoms with Gasteiger partial charge in [0.15, 0.2) is 0 Å². The molecule has 2 aromatic rings. The summed E-state index contributed by atoms with van der Waals surface area (Å²) in [4.78, 5) is 16.6. The molecule has 0 saturated heterocycles. The summed E-state index contributed by atoms with van der Waals surface area (Å²) in [5.74, 6) is -0.514. The average Bonchev–Trinajstić information content (AvgIpc) is 2.70. The highest BCUT2D eigenvalue weighted by Gasteiger charge is 2.30. The molecule has 5 nitrogen and oxygen atoms in total. The van der Waals surface area contributed by atoms with Gasteiger partial charge in [0.2, 0.25) is 5.96 Å². The summed E-state index contributed by atoms with van der Waals surface area (Å²) in [7, 11) is 0. The average molecular weight is 440 g/mol. The topological polar surface area (TPSA) is 73.7 Å². The van der Waals surface area contributed by atoms with Gasteiger partial charge in [-0.05, 0) is 68.1 Å². The maximum Gasteiger partial charge on any atom is 0.416 e. The predicted octanol–water partition coefficient (Wildman–Crippen LogP) is 4.86. The molecule has 1 fully saturated rings. The fourth-order valence-electron chi connectivity index (χ4n) is 3.18. The molecule has 0 radical (unpaired) electrons. The Bertz CT molecular complexity index is 908. The fraction of sp³-hybridized carbons (Fsp3) is 0.333. The normalized spacial score (nSPS) is 20.0. The molecule has 0 heterocycles. The van der Waals surface area contributed by atoms with Crippen LogP contribution in [0.4, 0.5) is 18.9 Å². The number of carbonyl (C=O) groups excluding carboxylic acids is 1. The second-order valence-corrected chi connectivity index (χ2v) is 7.56. The molecule has 1 aliphatic carbocycles. The van der Waals surface area contributed by atoms with E-state index in [0.717, 1.165) is 12.1 Å². The molecule has 0 spiro atoms. The zero-order valence-electron chi connectivity index (χ0n) is 15.9. The largest absolute Gasteiger partial charge is 0.416 e. The molecule has 2 aromatic carbocycles. The van der Waals surface area contributed by atoms with E-state index in [1.165, 1.54) is 24.3 Å². The van der Waals surface area contributed by atoms with Crippen LogP contribution in [0.3, 0.4) is 0 Å². The van der Waals surface area contributed by atoms with E-state index >= 15 is 0 Å². The Balaban J connectivity index is 1.83. The molecule has 0 bridgehead atoms. The van der Waals surface area contributed by atoms with Crippen LogP contribution >= 0.6 is 11.6 Å². The molecule has 160 valence electrons. The first-order chi connectivity index (χ1) is 14.2. The van der Waals surface area contributed by atoms with Crippen molar-refractivity contribution in [3.05, 3.63) is 64.7 Å². The van der Waals surface area contributed by atoms with E-state index < -0.39 is 17.6 Å². The minimum atomic E-state index is -4.49. The van der Waals surface area contributed by atoms with Gasteiger partial charge in [-0.2, -0.15) is 18.2 Å². The van der Waals surface area contributed by atoms with Crippen LogP contribution in [0.15, 0.2) is 53.5 Å². The van der Waals surface area contributed by atoms with Crippen molar-refractivity contribution in [2.75, 3.05) is 5.32 Å². The van der Waals surface area contributed by atoms with E-state index in [0.29, 0.717) is 36.3 Å². The van der Waals surface area contributed by atoms with Gasteiger partial charge >= 0.3 is 6.18 Å². The highest BCUT2D eigenvalue weighted by molar-refractivity contribution is 6.30. The van der Waals surface area contributed by atoms with Gasteiger partial charge in [0.05, 0.1) is 11.7 Å². The zero-order chi connectivity index (χ0) is 21.7. The zero-order valence-corrected chi connectivity index (χ0v) is 16.7. The number of halogens is 4. The lowest BCUT2D eigenvalue weighted by Crippen LogP contribution is -2.42. The third-order valence-corrected chi connectivity index (χ3v) is 5.05. The molecular formula is C21H21ClF3N3O2. The van der Waals surface area contributed by atoms with Crippen molar-refractivity contribution in [2.24, 2.45) is 4.99 Å². The van der Waals surface area contributed by atoms with Crippen LogP contribution < -0.4 is 10.6 Å². The quantitative estimate of drug-likeness (QED) is 0.471. The van der Waals surface area contributed by atoms with Crippen molar-refractivity contribution < 1.29 is 23.1 Å². The first kappa shape index (κ1) is 22.1. The van der Waals surface area contributed by atoms with E-state index in [1.807, 2.05) is 0 Å². The number of aliphatic imine (C=N–C) groups is 1. The molecule has 1 amide bonds. The molecular weight excluding hydrogens is 419 g/mol. The van der Waals surface area contributed by atoms with Crippen LogP contribution in [0.5, 0.6) is 0 Å². The molecule has 0 aromatic heterocycles. The Labute approximate surface area is 177 Å². The van der Waals surface area contributed by atoms with Crippen molar-refractivity contribution in [3.8, 4) is 0 Å². The van der Waals surface area contributed by atoms with Gasteiger partial charge in [-0.3, -0.25) is 4.79 Å². The first-order valence-corrected chi connectivity index (χ1v) is 9.86. The number of hydrogen-bond acceptors (Lipinski definition) is 2. The maximum absolute atomic E-state index is 13.0. The van der Waals surface area contributed by atoms with Gasteiger partial charge in [-0.1, -0.05) is 17.7 Å². The minimum absolute atomic E-state index is 0.0515. The van der Waals surface area contributed by atoms with Gasteiger partial charge < -0.3 is 15.7 Å². The number of anilines is 1. The maximum atomic E-state index is 13.0. The Kier molecular flexibility index (Phi) is 6.99. The summed E-state index contributed by atoms with van der Waals surface area (Å²) in [6, 6.07) is 10.7. The van der Waals surface area contributed by atoms with Crippen LogP contribution in [0, 0.1) is 0 Å². The summed E-state index contributed by atoms with van der Waals surface area (Å²) in [6.07, 6.45) is -2.35. The van der Waals surface area contributed by atoms with Crippen molar-refractivity contribution in [1.29, 1.82) is 0 Å². The lowest BCUT2D eigenvalue weighted by molar-refractivity contribution is -0.137. The molecule has 0 aliphatic heterocycles. The van der Waals surface area contributed by atoms with Crippen molar-refractivity contribution in [1.82, 2.24) is 5.32 Å². The SMILES string of the molecule is O=C(/N=C(/Nc1cccc(C(F)(F)F)c1)N[C@H]1CC[C@H](O)CC1)c1ccc(Cl)cc1. The molecule has 3 rings (SSSR count). The standard InChI is InChI=1S/C21H21ClF3N3O2/c22-15-6-4-13(5-7-15)19(30)28-20(26-16-8-10-18(29)11-9-16)27-17-3-1-2-14(12-17)21(23,24)25/h1-7,12,16,18,29H,8-11H2,(H2,26,27,28,30)/t16-,18-. The Morgan fingerprint density at radius 3 is 2.37 bits per heavy atom. The summed E-state index contributed by atoms with van der Waals surface area (Å²) in [5, 5.41) is 16.0. The number of guanidine groups is 1. The van der Waals surface area contributed by atoms with Crippen LogP contribution in [0.1, 0.15) is 41.6 Å². The molecule has 1 aliphatic rings. The number of rotatable bonds is 3. The molecule has 0 unspecified atom stereocenters. The van der Waals surface area contributed by atoms with Crippen LogP contribution in [0.2, 0.25) is 5.02 Å². The van der Waals surface area contributed by atoms with Crippen LogP contribution in [0.25, 0.3) is 0 Å². The molecule has 9 heteroatoms. The highest BCUT2D eigenvalue weighted by Crippen LogP contribution is 2.30. The number of carbonyl (C=O) groups is 1. The van der Waals surface area contributed by atoms with E-state index in [1.54, 1.807) is 12.1 Å². The number of aliphatic hydroxyl groups is 1. The Hall–Kier alpha value is -2.58. The summed E-state index contributed by atoms with van der Waals surface area (Å²) in [5.41, 5.74) is -0.365. The van der Waals surface area contributed by atoms with Crippen molar-refractivity contribution in [3.63, 3.8) is 0 Å². The van der Waals surface area contributed by atoms with Gasteiger partial charge in [0.1, 0.15) is 0 Å². The van der Waals surface area contributed by atoms with Crippen LogP contribution in [-0.4, -0.2) is 29.1 Å². The molecule has 1 saturated carbocycles. The third kappa shape index (κ3) is 6.21. The van der Waals surface area contributed by atoms with E-state index in [2.05, 4.69) is 15.6 Å². The summed E-state index contributed by atoms with van der Waals surface area (Å²) in [6.45, 7) is 0. The Morgan fingerprint density at radius 2 is 1.73 bits per heavy atom. The van der Waals surface area contributed by atoms with E-state index in [9.17, 15) is 23.1 Å². The fourth-order valence-corrected chi connectivity index (χ4v) is 3.30. The van der Waals surface area contributed by atoms with Crippen LogP contribution in [-0.2, 0) is 6.18 Å². The monoisotopic (exact) mass is 439 g/mol. The lowest BCUT2D eigenvalue weighted by atomic mass is 9.93. The predicted molar refractivity (Wildman–Crippen MR) is 110 cm³/mol. The number of hydrogen-bond donors (Lipinski definition) is 3. The molecule has 0 atom stereocenters. The second-order valence-electron chi connectivity index (χ2n) is 7.13. The van der Waals surface area contributed by atoms with E-state index in [4.69, 9.17) is 11.6 Å². The summed E-state index contributed by atoms with van der Waals surface area (Å²) >= 11 is 5.84. The van der Waals surface area contributed by atoms with Gasteiger partial charge in [-0.15, -0.1) is 0 Å². The van der Waals surface area contributed by atoms with Crippen molar-refractivity contribution in [2.45, 2.75) is 44.0 Å². The Morgan fingerprint density at radius 1 is 1.07 bits per heavy atom. The minimum Gasteiger partial charge on any atom is -0.393 e. The van der Waals surface area contributed by atoms with Gasteiger partial charge in [0.25, 0.3) is 5.91 Å².